The Hall–Kier alpha value is -4.59. The molecule has 2 aromatic carbocycles. The third kappa shape index (κ3) is 4.20. The summed E-state index contributed by atoms with van der Waals surface area (Å²) < 4.78 is 16.3. The summed E-state index contributed by atoms with van der Waals surface area (Å²) in [6.07, 6.45) is 3.37. The fourth-order valence-electron chi connectivity index (χ4n) is 4.59. The topological polar surface area (TPSA) is 82.1 Å². The largest absolute Gasteiger partial charge is 0.858 e. The number of halogens is 1. The molecule has 1 aliphatic rings. The van der Waals surface area contributed by atoms with Crippen LogP contribution in [-0.2, 0) is 16.1 Å². The van der Waals surface area contributed by atoms with Gasteiger partial charge < -0.3 is 5.11 Å². The van der Waals surface area contributed by atoms with Gasteiger partial charge in [0.2, 0.25) is 0 Å². The van der Waals surface area contributed by atoms with E-state index in [1.165, 1.54) is 28.9 Å². The van der Waals surface area contributed by atoms with Gasteiger partial charge in [0.1, 0.15) is 11.4 Å². The highest BCUT2D eigenvalue weighted by atomic mass is 19.1. The number of pyridine rings is 1. The Morgan fingerprint density at radius 1 is 0.892 bits per heavy atom. The molecule has 186 valence electrons. The number of carbonyl (C=O) groups excluding carboxylic acids is 2. The maximum atomic E-state index is 13.8. The monoisotopic (exact) mass is 496 g/mol. The van der Waals surface area contributed by atoms with Crippen LogP contribution in [0.1, 0.15) is 33.5 Å². The Kier molecular flexibility index (Phi) is 5.95. The smallest absolute Gasteiger partial charge is 0.327 e. The molecule has 0 N–H and O–H groups in total. The number of nitrogens with zero attached hydrogens (tertiary/aromatic N) is 4. The minimum atomic E-state index is -0.599. The van der Waals surface area contributed by atoms with E-state index in [9.17, 15) is 19.1 Å². The summed E-state index contributed by atoms with van der Waals surface area (Å²) in [4.78, 5) is 28.5. The zero-order valence-corrected chi connectivity index (χ0v) is 20.9. The van der Waals surface area contributed by atoms with E-state index in [4.69, 9.17) is 0 Å². The number of hydrogen-bond acceptors (Lipinski definition) is 4. The highest BCUT2D eigenvalue weighted by molar-refractivity contribution is 6.44. The van der Waals surface area contributed by atoms with Crippen molar-refractivity contribution in [1.29, 1.82) is 0 Å². The zero-order chi connectivity index (χ0) is 26.4. The second kappa shape index (κ2) is 9.13. The summed E-state index contributed by atoms with van der Waals surface area (Å²) in [6, 6.07) is 14.9. The van der Waals surface area contributed by atoms with Gasteiger partial charge in [-0.1, -0.05) is 29.8 Å². The molecule has 0 radical (unpaired) electrons. The van der Waals surface area contributed by atoms with Gasteiger partial charge in [-0.3, -0.25) is 14.5 Å². The fourth-order valence-corrected chi connectivity index (χ4v) is 4.59. The highest BCUT2D eigenvalue weighted by Crippen LogP contribution is 2.37. The van der Waals surface area contributed by atoms with Crippen LogP contribution in [0.2, 0.25) is 0 Å². The van der Waals surface area contributed by atoms with Crippen LogP contribution >= 0.6 is 0 Å². The van der Waals surface area contributed by atoms with E-state index in [-0.39, 0.29) is 23.4 Å². The molecule has 0 saturated carbocycles. The van der Waals surface area contributed by atoms with Gasteiger partial charge in [-0.15, -0.1) is 0 Å². The lowest BCUT2D eigenvalue weighted by molar-refractivity contribution is -0.577. The molecule has 0 fully saturated rings. The van der Waals surface area contributed by atoms with Gasteiger partial charge in [0.25, 0.3) is 11.6 Å². The summed E-state index contributed by atoms with van der Waals surface area (Å²) in [5.74, 6) is -2.04. The lowest BCUT2D eigenvalue weighted by atomic mass is 10.0. The van der Waals surface area contributed by atoms with Crippen LogP contribution in [0.25, 0.3) is 17.0 Å². The summed E-state index contributed by atoms with van der Waals surface area (Å²) in [7, 11) is 0. The van der Waals surface area contributed by atoms with Crippen molar-refractivity contribution in [3.05, 3.63) is 106 Å². The molecule has 0 unspecified atom stereocenters. The van der Waals surface area contributed by atoms with E-state index in [2.05, 4.69) is 5.10 Å². The molecule has 0 spiro atoms. The summed E-state index contributed by atoms with van der Waals surface area (Å²) in [5, 5.41) is 18.2. The van der Waals surface area contributed by atoms with Gasteiger partial charge >= 0.3 is 5.91 Å². The van der Waals surface area contributed by atoms with E-state index < -0.39 is 23.5 Å². The van der Waals surface area contributed by atoms with Crippen LogP contribution < -0.4 is 9.67 Å². The Morgan fingerprint density at radius 3 is 2.22 bits per heavy atom. The first-order valence-electron chi connectivity index (χ1n) is 11.8. The minimum absolute atomic E-state index is 0.000482. The quantitative estimate of drug-likeness (QED) is 0.313. The average molecular weight is 497 g/mol. The fraction of sp³-hybridized carbons (Fsp3) is 0.172. The van der Waals surface area contributed by atoms with Crippen LogP contribution in [-0.4, -0.2) is 26.5 Å². The average Bonchev–Trinajstić information content (AvgIpc) is 3.27. The summed E-state index contributed by atoms with van der Waals surface area (Å²) in [6.45, 7) is 7.36. The van der Waals surface area contributed by atoms with Gasteiger partial charge in [-0.2, -0.15) is 9.67 Å². The highest BCUT2D eigenvalue weighted by Gasteiger charge is 2.46. The van der Waals surface area contributed by atoms with Gasteiger partial charge in [-0.25, -0.2) is 9.07 Å². The number of hydrogen-bond donors (Lipinski definition) is 0. The third-order valence-electron chi connectivity index (χ3n) is 6.50. The molecule has 2 amide bonds. The molecule has 3 heterocycles. The van der Waals surface area contributed by atoms with Crippen molar-refractivity contribution in [3.8, 4) is 11.6 Å². The van der Waals surface area contributed by atoms with Crippen molar-refractivity contribution in [2.24, 2.45) is 0 Å². The van der Waals surface area contributed by atoms with Crippen LogP contribution in [0.4, 0.5) is 4.39 Å². The first-order valence-corrected chi connectivity index (χ1v) is 11.8. The Morgan fingerprint density at radius 2 is 1.57 bits per heavy atom. The molecule has 0 aliphatic carbocycles. The van der Waals surface area contributed by atoms with Gasteiger partial charge in [0.05, 0.1) is 17.9 Å². The normalized spacial score (nSPS) is 13.7. The van der Waals surface area contributed by atoms with E-state index in [0.29, 0.717) is 16.9 Å². The van der Waals surface area contributed by atoms with Crippen LogP contribution in [0, 0.1) is 33.5 Å². The Bertz CT molecular complexity index is 1580. The molecule has 5 rings (SSSR count). The lowest BCUT2D eigenvalue weighted by Crippen LogP contribution is -2.39. The lowest BCUT2D eigenvalue weighted by Gasteiger charge is -2.16. The second-order valence-corrected chi connectivity index (χ2v) is 9.30. The molecular formula is C29H25FN4O3. The second-order valence-electron chi connectivity index (χ2n) is 9.30. The van der Waals surface area contributed by atoms with Crippen molar-refractivity contribution < 1.29 is 23.7 Å². The maximum Gasteiger partial charge on any atom is 0.327 e. The van der Waals surface area contributed by atoms with Gasteiger partial charge in [0, 0.05) is 17.7 Å². The molecule has 0 atom stereocenters. The molecular weight excluding hydrogens is 471 g/mol. The number of benzene rings is 2. The molecule has 37 heavy (non-hydrogen) atoms. The van der Waals surface area contributed by atoms with Crippen molar-refractivity contribution in [2.45, 2.75) is 34.2 Å². The van der Waals surface area contributed by atoms with Gasteiger partial charge in [0.15, 0.2) is 12.4 Å². The van der Waals surface area contributed by atoms with E-state index in [1.54, 1.807) is 23.9 Å². The summed E-state index contributed by atoms with van der Waals surface area (Å²) >= 11 is 0. The van der Waals surface area contributed by atoms with Crippen LogP contribution in [0.5, 0.6) is 5.88 Å². The minimum Gasteiger partial charge on any atom is -0.858 e. The Balaban J connectivity index is 1.68. The zero-order valence-electron chi connectivity index (χ0n) is 20.9. The molecule has 1 aliphatic heterocycles. The molecule has 0 saturated heterocycles. The number of aromatic nitrogens is 3. The number of amides is 2. The number of imide groups is 1. The van der Waals surface area contributed by atoms with Crippen molar-refractivity contribution in [1.82, 2.24) is 14.7 Å². The predicted molar refractivity (Wildman–Crippen MR) is 134 cm³/mol. The van der Waals surface area contributed by atoms with Crippen molar-refractivity contribution in [2.75, 3.05) is 0 Å². The number of aryl methyl sites for hydroxylation is 4. The third-order valence-corrected chi connectivity index (χ3v) is 6.50. The predicted octanol–water partition coefficient (Wildman–Crippen LogP) is 3.54. The molecule has 0 bridgehead atoms. The van der Waals surface area contributed by atoms with Crippen molar-refractivity contribution in [3.63, 3.8) is 0 Å². The van der Waals surface area contributed by atoms with Crippen molar-refractivity contribution >= 4 is 23.1 Å². The first-order chi connectivity index (χ1) is 17.7. The van der Waals surface area contributed by atoms with E-state index in [1.807, 2.05) is 51.1 Å². The molecule has 8 heteroatoms. The molecule has 2 aromatic heterocycles. The van der Waals surface area contributed by atoms with Crippen LogP contribution in [0.15, 0.2) is 67.0 Å². The molecule has 4 aromatic rings. The maximum absolute atomic E-state index is 13.8. The molecule has 7 nitrogen and oxygen atoms in total. The first kappa shape index (κ1) is 24.1. The number of carbonyl (C=O) groups is 2. The van der Waals surface area contributed by atoms with Gasteiger partial charge in [-0.05, 0) is 68.5 Å². The van der Waals surface area contributed by atoms with E-state index in [0.717, 1.165) is 21.6 Å². The van der Waals surface area contributed by atoms with E-state index >= 15 is 0 Å². The Labute approximate surface area is 213 Å². The summed E-state index contributed by atoms with van der Waals surface area (Å²) in [5.41, 5.74) is 4.58. The number of rotatable bonds is 5. The SMILES string of the molecule is Cc1cc[n+](C2=C(c3c(C)nn(-c4ccc(C)cc4C)c3[O-])C(=O)N(Cc3ccc(F)cc3)C2=O)cc1. The standard InChI is InChI=1S/C29H25FN4O3/c1-17-11-13-32(14-12-17)26-25(27(35)33(29(26)37)16-21-6-8-22(30)9-7-21)24-20(4)31-34(28(24)36)23-10-5-18(2)15-19(23)3/h5-15H,16H2,1-4H3. The van der Waals surface area contributed by atoms with Crippen LogP contribution in [0.3, 0.4) is 0 Å².